The number of aromatic amines is 1. The Hall–Kier alpha value is -6.63. The Labute approximate surface area is 381 Å². The van der Waals surface area contributed by atoms with E-state index < -0.39 is 65.4 Å². The second-order valence-corrected chi connectivity index (χ2v) is 17.8. The highest BCUT2D eigenvalue weighted by molar-refractivity contribution is 6.05. The summed E-state index contributed by atoms with van der Waals surface area (Å²) in [5.74, 6) is -9.39. The van der Waals surface area contributed by atoms with Gasteiger partial charge in [0.15, 0.2) is 17.5 Å². The van der Waals surface area contributed by atoms with Crippen LogP contribution in [0.5, 0.6) is 0 Å². The number of H-pyrrole nitrogens is 1. The first-order valence-electron chi connectivity index (χ1n) is 22.3. The summed E-state index contributed by atoms with van der Waals surface area (Å²) in [4.78, 5) is 60.5. The SMILES string of the molecule is CN(C)C(=O)c1cc2c(-c3ccc(N4CCN([C@H]5CCN(c6ccc(C7CCC(=O)NC7=O)cc6F)CC5(F)F)CC4)c(F)c3F)cc(C3=CCCN(C(=O)CCn4cccn4)C3)c(F)c2[nH]1. The molecular weight excluding hydrogens is 881 g/mol. The van der Waals surface area contributed by atoms with Crippen LogP contribution in [0.1, 0.15) is 59.6 Å². The lowest BCUT2D eigenvalue weighted by Crippen LogP contribution is -2.62. The molecule has 19 heteroatoms. The lowest BCUT2D eigenvalue weighted by molar-refractivity contribution is -0.134. The van der Waals surface area contributed by atoms with Gasteiger partial charge in [0.2, 0.25) is 17.7 Å². The number of carbonyl (C=O) groups excluding carboxylic acids is 4. The minimum Gasteiger partial charge on any atom is -0.367 e. The first kappa shape index (κ1) is 45.5. The molecule has 3 saturated heterocycles. The molecule has 2 N–H and O–H groups in total. The van der Waals surface area contributed by atoms with Gasteiger partial charge in [0.25, 0.3) is 11.8 Å². The molecule has 4 aliphatic heterocycles. The van der Waals surface area contributed by atoms with Crippen LogP contribution >= 0.6 is 0 Å². The molecule has 6 heterocycles. The standard InChI is InChI=1S/C48H49F6N9O4/c1-58(2)47(67)36-25-34-33(24-32(43(51)45(34)56-36)29-5-3-15-61(26-29)41(65)13-18-63-16-4-14-55-63)31-7-10-38(44(52)42(31)50)59-19-21-60(22-20-59)39-12-17-62(27-48(39,53)54)37-9-6-28(23-35(37)49)30-8-11-40(64)57-46(30)66/h4-7,9-10,14,16,23-25,30,39,56H,3,8,11-13,15,17-22,26-27H2,1-2H3,(H,57,64,66)/t30?,39-/m0/s1. The van der Waals surface area contributed by atoms with Gasteiger partial charge in [-0.05, 0) is 78.4 Å². The van der Waals surface area contributed by atoms with Crippen molar-refractivity contribution in [3.63, 3.8) is 0 Å². The van der Waals surface area contributed by atoms with E-state index in [2.05, 4.69) is 15.4 Å². The Morgan fingerprint density at radius 3 is 2.33 bits per heavy atom. The zero-order chi connectivity index (χ0) is 47.3. The maximum Gasteiger partial charge on any atom is 0.280 e. The molecule has 0 bridgehead atoms. The van der Waals surface area contributed by atoms with Crippen LogP contribution in [-0.2, 0) is 20.9 Å². The number of aromatic nitrogens is 3. The van der Waals surface area contributed by atoms with Crippen LogP contribution in [0.2, 0.25) is 0 Å². The molecule has 9 rings (SSSR count). The van der Waals surface area contributed by atoms with E-state index >= 15 is 26.3 Å². The Morgan fingerprint density at radius 1 is 0.851 bits per heavy atom. The Kier molecular flexibility index (Phi) is 12.4. The van der Waals surface area contributed by atoms with Crippen LogP contribution in [0.4, 0.5) is 37.7 Å². The number of fused-ring (bicyclic) bond motifs is 1. The molecule has 2 aromatic heterocycles. The maximum atomic E-state index is 16.6. The molecule has 1 unspecified atom stereocenters. The van der Waals surface area contributed by atoms with Gasteiger partial charge < -0.3 is 24.6 Å². The molecular formula is C48H49F6N9O4. The van der Waals surface area contributed by atoms with Crippen molar-refractivity contribution in [2.24, 2.45) is 0 Å². The van der Waals surface area contributed by atoms with Crippen molar-refractivity contribution in [3.8, 4) is 11.1 Å². The molecule has 4 aliphatic rings. The number of piperidine rings is 2. The minimum atomic E-state index is -3.26. The molecule has 67 heavy (non-hydrogen) atoms. The number of benzene rings is 3. The molecule has 0 radical (unpaired) electrons. The van der Waals surface area contributed by atoms with Gasteiger partial charge in [0, 0.05) is 108 Å². The Bertz CT molecular complexity index is 2780. The van der Waals surface area contributed by atoms with E-state index in [0.717, 1.165) is 6.07 Å². The third kappa shape index (κ3) is 8.88. The number of amides is 4. The van der Waals surface area contributed by atoms with Crippen LogP contribution in [0.3, 0.4) is 0 Å². The number of carbonyl (C=O) groups is 4. The fourth-order valence-corrected chi connectivity index (χ4v) is 9.88. The van der Waals surface area contributed by atoms with E-state index in [1.165, 1.54) is 60.3 Å². The molecule has 0 aliphatic carbocycles. The summed E-state index contributed by atoms with van der Waals surface area (Å²) in [6, 6.07) is 10.3. The summed E-state index contributed by atoms with van der Waals surface area (Å²) >= 11 is 0. The Morgan fingerprint density at radius 2 is 1.63 bits per heavy atom. The van der Waals surface area contributed by atoms with E-state index in [9.17, 15) is 19.2 Å². The van der Waals surface area contributed by atoms with Gasteiger partial charge in [0.05, 0.1) is 35.4 Å². The second-order valence-electron chi connectivity index (χ2n) is 17.8. The molecule has 0 saturated carbocycles. The number of hydrogen-bond donors (Lipinski definition) is 2. The highest BCUT2D eigenvalue weighted by atomic mass is 19.3. The predicted molar refractivity (Wildman–Crippen MR) is 239 cm³/mol. The Balaban J connectivity index is 0.912. The van der Waals surface area contributed by atoms with Gasteiger partial charge in [-0.15, -0.1) is 0 Å². The smallest absolute Gasteiger partial charge is 0.280 e. The normalized spacial score (nSPS) is 20.3. The van der Waals surface area contributed by atoms with Gasteiger partial charge in [-0.1, -0.05) is 12.1 Å². The largest absolute Gasteiger partial charge is 0.367 e. The van der Waals surface area contributed by atoms with Gasteiger partial charge in [0.1, 0.15) is 11.5 Å². The van der Waals surface area contributed by atoms with Crippen molar-refractivity contribution in [2.75, 3.05) is 76.3 Å². The number of anilines is 2. The highest BCUT2D eigenvalue weighted by Gasteiger charge is 2.48. The van der Waals surface area contributed by atoms with E-state index in [1.54, 1.807) is 37.8 Å². The van der Waals surface area contributed by atoms with Crippen LogP contribution in [-0.4, -0.2) is 132 Å². The van der Waals surface area contributed by atoms with Gasteiger partial charge >= 0.3 is 0 Å². The first-order chi connectivity index (χ1) is 32.1. The van der Waals surface area contributed by atoms with Crippen molar-refractivity contribution in [2.45, 2.75) is 56.5 Å². The number of imide groups is 1. The van der Waals surface area contributed by atoms with Crippen LogP contribution in [0, 0.1) is 23.3 Å². The summed E-state index contributed by atoms with van der Waals surface area (Å²) in [5.41, 5.74) is 0.677. The molecule has 3 fully saturated rings. The van der Waals surface area contributed by atoms with Crippen LogP contribution < -0.4 is 15.1 Å². The third-order valence-corrected chi connectivity index (χ3v) is 13.4. The maximum absolute atomic E-state index is 16.6. The number of nitrogens with one attached hydrogen (secondary N) is 2. The van der Waals surface area contributed by atoms with Crippen LogP contribution in [0.25, 0.3) is 27.6 Å². The van der Waals surface area contributed by atoms with E-state index in [4.69, 9.17) is 0 Å². The number of halogens is 6. The average molecular weight is 930 g/mol. The number of alkyl halides is 2. The van der Waals surface area contributed by atoms with Crippen LogP contribution in [0.15, 0.2) is 67.0 Å². The molecule has 352 valence electrons. The monoisotopic (exact) mass is 929 g/mol. The minimum absolute atomic E-state index is 0.00544. The third-order valence-electron chi connectivity index (χ3n) is 13.4. The fourth-order valence-electron chi connectivity index (χ4n) is 9.88. The molecule has 3 aromatic carbocycles. The topological polar surface area (TPSA) is 130 Å². The molecule has 2 atom stereocenters. The van der Waals surface area contributed by atoms with Gasteiger partial charge in [-0.25, -0.2) is 26.3 Å². The summed E-state index contributed by atoms with van der Waals surface area (Å²) in [7, 11) is 3.06. The second kappa shape index (κ2) is 18.2. The van der Waals surface area contributed by atoms with Crippen molar-refractivity contribution < 1.29 is 45.5 Å². The number of piperazine rings is 1. The predicted octanol–water partition coefficient (Wildman–Crippen LogP) is 6.55. The lowest BCUT2D eigenvalue weighted by atomic mass is 9.90. The first-order valence-corrected chi connectivity index (χ1v) is 22.3. The summed E-state index contributed by atoms with van der Waals surface area (Å²) < 4.78 is 98.5. The number of aryl methyl sites for hydroxylation is 1. The quantitative estimate of drug-likeness (QED) is 0.119. The summed E-state index contributed by atoms with van der Waals surface area (Å²) in [6.45, 7) is 0.651. The summed E-state index contributed by atoms with van der Waals surface area (Å²) in [6.07, 6.45) is 6.12. The molecule has 13 nitrogen and oxygen atoms in total. The van der Waals surface area contributed by atoms with E-state index in [0.29, 0.717) is 30.6 Å². The van der Waals surface area contributed by atoms with Crippen molar-refractivity contribution in [3.05, 3.63) is 107 Å². The highest BCUT2D eigenvalue weighted by Crippen LogP contribution is 2.41. The zero-order valence-electron chi connectivity index (χ0n) is 36.9. The van der Waals surface area contributed by atoms with Crippen molar-refractivity contribution in [1.82, 2.24) is 34.8 Å². The number of hydrogen-bond acceptors (Lipinski definition) is 8. The van der Waals surface area contributed by atoms with Gasteiger partial charge in [-0.3, -0.25) is 34.1 Å². The number of nitrogens with zero attached hydrogens (tertiary/aromatic N) is 7. The molecule has 4 amide bonds. The lowest BCUT2D eigenvalue weighted by Gasteiger charge is -2.47. The molecule has 0 spiro atoms. The van der Waals surface area contributed by atoms with Crippen molar-refractivity contribution in [1.29, 1.82) is 0 Å². The van der Waals surface area contributed by atoms with E-state index in [1.807, 2.05) is 6.08 Å². The van der Waals surface area contributed by atoms with Gasteiger partial charge in [-0.2, -0.15) is 5.10 Å². The average Bonchev–Trinajstić information content (AvgIpc) is 4.01. The summed E-state index contributed by atoms with van der Waals surface area (Å²) in [5, 5.41) is 6.53. The van der Waals surface area contributed by atoms with Crippen molar-refractivity contribution >= 4 is 51.5 Å². The fraction of sp³-hybridized carbons (Fsp3) is 0.396. The molecule has 5 aromatic rings. The zero-order valence-corrected chi connectivity index (χ0v) is 36.9. The number of rotatable bonds is 10. The van der Waals surface area contributed by atoms with E-state index in [-0.39, 0.29) is 116 Å².